The van der Waals surface area contributed by atoms with Crippen LogP contribution in [0.3, 0.4) is 0 Å². The minimum absolute atomic E-state index is 0.00673. The summed E-state index contributed by atoms with van der Waals surface area (Å²) in [6.07, 6.45) is 0. The standard InChI is InChI=1S/C18H19F3N2O3/c1-23(9-11-4-7-14(25-2)15(8-11)26-3)10-16(24)22-13-6-5-12(19)17(20)18(13)21/h4-8H,9-10H2,1-3H3,(H,22,24)/p+1. The van der Waals surface area contributed by atoms with E-state index in [9.17, 15) is 18.0 Å². The van der Waals surface area contributed by atoms with Gasteiger partial charge in [0.2, 0.25) is 0 Å². The lowest BCUT2D eigenvalue weighted by molar-refractivity contribution is -0.885. The second kappa shape index (κ2) is 8.57. The topological polar surface area (TPSA) is 52.0 Å². The highest BCUT2D eigenvalue weighted by atomic mass is 19.2. The second-order valence-corrected chi connectivity index (χ2v) is 5.77. The number of hydrogen-bond acceptors (Lipinski definition) is 3. The van der Waals surface area contributed by atoms with E-state index in [4.69, 9.17) is 9.47 Å². The molecule has 0 saturated heterocycles. The lowest BCUT2D eigenvalue weighted by Crippen LogP contribution is -3.08. The van der Waals surface area contributed by atoms with Gasteiger partial charge in [0, 0.05) is 5.56 Å². The van der Waals surface area contributed by atoms with Crippen LogP contribution >= 0.6 is 0 Å². The van der Waals surface area contributed by atoms with Crippen molar-refractivity contribution in [1.82, 2.24) is 0 Å². The molecule has 0 aromatic heterocycles. The number of anilines is 1. The number of methoxy groups -OCH3 is 2. The zero-order valence-electron chi connectivity index (χ0n) is 14.7. The molecular formula is C18H20F3N2O3+. The quantitative estimate of drug-likeness (QED) is 0.732. The van der Waals surface area contributed by atoms with E-state index in [0.29, 0.717) is 18.0 Å². The van der Waals surface area contributed by atoms with Crippen LogP contribution in [0.5, 0.6) is 11.5 Å². The van der Waals surface area contributed by atoms with Crippen LogP contribution in [0, 0.1) is 17.5 Å². The minimum Gasteiger partial charge on any atom is -0.493 e. The first kappa shape index (κ1) is 19.6. The van der Waals surface area contributed by atoms with Gasteiger partial charge < -0.3 is 19.7 Å². The summed E-state index contributed by atoms with van der Waals surface area (Å²) < 4.78 is 50.1. The smallest absolute Gasteiger partial charge is 0.279 e. The number of amides is 1. The van der Waals surface area contributed by atoms with Crippen LogP contribution in [0.1, 0.15) is 5.56 Å². The summed E-state index contributed by atoms with van der Waals surface area (Å²) >= 11 is 0. The number of hydrogen-bond donors (Lipinski definition) is 2. The average Bonchev–Trinajstić information content (AvgIpc) is 2.61. The van der Waals surface area contributed by atoms with Crippen molar-refractivity contribution in [2.24, 2.45) is 0 Å². The third-order valence-electron chi connectivity index (χ3n) is 3.73. The maximum Gasteiger partial charge on any atom is 0.279 e. The van der Waals surface area contributed by atoms with Crippen molar-refractivity contribution in [3.8, 4) is 11.5 Å². The summed E-state index contributed by atoms with van der Waals surface area (Å²) in [5.41, 5.74) is 0.514. The zero-order valence-corrected chi connectivity index (χ0v) is 14.7. The number of rotatable bonds is 7. The van der Waals surface area contributed by atoms with Crippen LogP contribution in [0.2, 0.25) is 0 Å². The van der Waals surface area contributed by atoms with Crippen molar-refractivity contribution in [2.75, 3.05) is 33.1 Å². The molecule has 26 heavy (non-hydrogen) atoms. The number of carbonyl (C=O) groups excluding carboxylic acids is 1. The number of benzene rings is 2. The SMILES string of the molecule is COc1ccc(C[NH+](C)CC(=O)Nc2ccc(F)c(F)c2F)cc1OC. The largest absolute Gasteiger partial charge is 0.493 e. The van der Waals surface area contributed by atoms with E-state index < -0.39 is 29.0 Å². The highest BCUT2D eigenvalue weighted by molar-refractivity contribution is 5.91. The van der Waals surface area contributed by atoms with E-state index in [0.717, 1.165) is 22.6 Å². The van der Waals surface area contributed by atoms with E-state index in [2.05, 4.69) is 5.32 Å². The zero-order chi connectivity index (χ0) is 19.3. The summed E-state index contributed by atoms with van der Waals surface area (Å²) in [4.78, 5) is 12.8. The lowest BCUT2D eigenvalue weighted by Gasteiger charge is -2.15. The Morgan fingerprint density at radius 2 is 1.73 bits per heavy atom. The van der Waals surface area contributed by atoms with E-state index in [1.54, 1.807) is 19.2 Å². The predicted molar refractivity (Wildman–Crippen MR) is 89.9 cm³/mol. The van der Waals surface area contributed by atoms with Gasteiger partial charge in [-0.2, -0.15) is 0 Å². The number of nitrogens with one attached hydrogen (secondary N) is 2. The molecule has 2 aromatic carbocycles. The maximum absolute atomic E-state index is 13.6. The van der Waals surface area contributed by atoms with Crippen LogP contribution in [0.15, 0.2) is 30.3 Å². The van der Waals surface area contributed by atoms with Crippen molar-refractivity contribution in [2.45, 2.75) is 6.54 Å². The molecule has 0 spiro atoms. The van der Waals surface area contributed by atoms with Crippen molar-refractivity contribution >= 4 is 11.6 Å². The fraction of sp³-hybridized carbons (Fsp3) is 0.278. The van der Waals surface area contributed by atoms with Crippen LogP contribution in [0.4, 0.5) is 18.9 Å². The molecule has 5 nitrogen and oxygen atoms in total. The van der Waals surface area contributed by atoms with Crippen LogP contribution in [0.25, 0.3) is 0 Å². The number of quaternary nitrogens is 1. The van der Waals surface area contributed by atoms with Gasteiger partial charge in [-0.15, -0.1) is 0 Å². The Labute approximate surface area is 149 Å². The molecule has 0 aliphatic carbocycles. The molecule has 0 fully saturated rings. The molecule has 2 N–H and O–H groups in total. The molecule has 8 heteroatoms. The highest BCUT2D eigenvalue weighted by Gasteiger charge is 2.17. The Hall–Kier alpha value is -2.74. The summed E-state index contributed by atoms with van der Waals surface area (Å²) in [5, 5.41) is 2.25. The molecule has 2 aromatic rings. The van der Waals surface area contributed by atoms with E-state index in [-0.39, 0.29) is 6.54 Å². The van der Waals surface area contributed by atoms with E-state index in [1.165, 1.54) is 14.2 Å². The van der Waals surface area contributed by atoms with Crippen LogP contribution < -0.4 is 19.7 Å². The van der Waals surface area contributed by atoms with Crippen molar-refractivity contribution in [3.05, 3.63) is 53.3 Å². The monoisotopic (exact) mass is 369 g/mol. The van der Waals surface area contributed by atoms with Gasteiger partial charge in [-0.3, -0.25) is 4.79 Å². The van der Waals surface area contributed by atoms with E-state index >= 15 is 0 Å². The molecule has 0 aliphatic rings. The molecule has 1 amide bonds. The van der Waals surface area contributed by atoms with Gasteiger partial charge in [-0.05, 0) is 30.3 Å². The predicted octanol–water partition coefficient (Wildman–Crippen LogP) is 1.77. The fourth-order valence-corrected chi connectivity index (χ4v) is 2.49. The molecule has 1 unspecified atom stereocenters. The van der Waals surface area contributed by atoms with Crippen molar-refractivity contribution in [1.29, 1.82) is 0 Å². The van der Waals surface area contributed by atoms with Gasteiger partial charge in [0.1, 0.15) is 6.54 Å². The second-order valence-electron chi connectivity index (χ2n) is 5.77. The van der Waals surface area contributed by atoms with Crippen molar-refractivity contribution < 1.29 is 32.3 Å². The molecule has 140 valence electrons. The highest BCUT2D eigenvalue weighted by Crippen LogP contribution is 2.27. The molecule has 1 atom stereocenters. The first-order valence-corrected chi connectivity index (χ1v) is 7.81. The molecule has 0 bridgehead atoms. The summed E-state index contributed by atoms with van der Waals surface area (Å²) in [7, 11) is 4.84. The lowest BCUT2D eigenvalue weighted by atomic mass is 10.2. The van der Waals surface area contributed by atoms with Gasteiger partial charge in [-0.1, -0.05) is 0 Å². The third kappa shape index (κ3) is 4.66. The Balaban J connectivity index is 1.98. The van der Waals surface area contributed by atoms with Gasteiger partial charge in [0.05, 0.1) is 27.0 Å². The van der Waals surface area contributed by atoms with Crippen LogP contribution in [-0.2, 0) is 11.3 Å². The number of carbonyl (C=O) groups is 1. The summed E-state index contributed by atoms with van der Waals surface area (Å²) in [6.45, 7) is 0.501. The summed E-state index contributed by atoms with van der Waals surface area (Å²) in [6, 6.07) is 7.15. The molecule has 0 aliphatic heterocycles. The number of halogens is 3. The number of likely N-dealkylation sites (N-methyl/N-ethyl adjacent to an activating group) is 1. The summed E-state index contributed by atoms with van der Waals surface area (Å²) in [5.74, 6) is -3.69. The molecule has 0 heterocycles. The van der Waals surface area contributed by atoms with E-state index in [1.807, 2.05) is 6.07 Å². The van der Waals surface area contributed by atoms with Gasteiger partial charge >= 0.3 is 0 Å². The Morgan fingerprint density at radius 1 is 1.04 bits per heavy atom. The van der Waals surface area contributed by atoms with Gasteiger partial charge in [0.15, 0.2) is 35.5 Å². The number of ether oxygens (including phenoxy) is 2. The fourth-order valence-electron chi connectivity index (χ4n) is 2.49. The first-order valence-electron chi connectivity index (χ1n) is 7.81. The van der Waals surface area contributed by atoms with Crippen molar-refractivity contribution in [3.63, 3.8) is 0 Å². The average molecular weight is 369 g/mol. The maximum atomic E-state index is 13.6. The Kier molecular flexibility index (Phi) is 6.46. The van der Waals surface area contributed by atoms with Gasteiger partial charge in [0.25, 0.3) is 5.91 Å². The van der Waals surface area contributed by atoms with Crippen LogP contribution in [-0.4, -0.2) is 33.7 Å². The normalized spacial score (nSPS) is 11.8. The molecular weight excluding hydrogens is 349 g/mol. The Morgan fingerprint density at radius 3 is 2.38 bits per heavy atom. The van der Waals surface area contributed by atoms with Gasteiger partial charge in [-0.25, -0.2) is 13.2 Å². The molecule has 0 radical (unpaired) electrons. The molecule has 0 saturated carbocycles. The molecule has 2 rings (SSSR count). The minimum atomic E-state index is -1.62. The third-order valence-corrected chi connectivity index (χ3v) is 3.73. The Bertz CT molecular complexity index is 799. The first-order chi connectivity index (χ1) is 12.3.